The van der Waals surface area contributed by atoms with Crippen LogP contribution in [0.15, 0.2) is 12.4 Å². The van der Waals surface area contributed by atoms with Crippen LogP contribution in [0.1, 0.15) is 31.5 Å². The van der Waals surface area contributed by atoms with Crippen LogP contribution in [0.3, 0.4) is 0 Å². The van der Waals surface area contributed by atoms with Gasteiger partial charge in [-0.05, 0) is 39.8 Å². The predicted molar refractivity (Wildman–Crippen MR) is 74.3 cm³/mol. The highest BCUT2D eigenvalue weighted by Crippen LogP contribution is 2.30. The summed E-state index contributed by atoms with van der Waals surface area (Å²) < 4.78 is 2.05. The molecule has 0 aromatic carbocycles. The molecule has 0 aliphatic heterocycles. The molecule has 1 aromatic rings. The summed E-state index contributed by atoms with van der Waals surface area (Å²) in [6.45, 7) is 0.833. The van der Waals surface area contributed by atoms with Crippen LogP contribution in [0, 0.1) is 11.3 Å². The third-order valence-corrected chi connectivity index (χ3v) is 4.35. The Labute approximate surface area is 115 Å². The lowest BCUT2D eigenvalue weighted by atomic mass is 9.79. The standard InChI is InChI=1S/C14H23N5/c1-16-14(11-15)6-4-5-12(9-14)19(3)10-13-17-7-8-18(13)2/h7-8,12,16H,4-6,9-10H2,1-3H3. The van der Waals surface area contributed by atoms with Gasteiger partial charge >= 0.3 is 0 Å². The van der Waals surface area contributed by atoms with E-state index in [-0.39, 0.29) is 5.54 Å². The number of hydrogen-bond acceptors (Lipinski definition) is 4. The van der Waals surface area contributed by atoms with Gasteiger partial charge in [-0.1, -0.05) is 0 Å². The molecule has 0 bridgehead atoms. The average Bonchev–Trinajstić information content (AvgIpc) is 2.84. The summed E-state index contributed by atoms with van der Waals surface area (Å²) in [5.41, 5.74) is -0.348. The molecule has 1 saturated carbocycles. The molecule has 1 fully saturated rings. The van der Waals surface area contributed by atoms with Gasteiger partial charge in [0.15, 0.2) is 0 Å². The second-order valence-corrected chi connectivity index (χ2v) is 5.56. The fourth-order valence-corrected chi connectivity index (χ4v) is 2.91. The number of aryl methyl sites for hydroxylation is 1. The molecular weight excluding hydrogens is 238 g/mol. The van der Waals surface area contributed by atoms with Gasteiger partial charge in [-0.3, -0.25) is 4.90 Å². The largest absolute Gasteiger partial charge is 0.337 e. The molecule has 1 N–H and O–H groups in total. The number of nitriles is 1. The summed E-state index contributed by atoms with van der Waals surface area (Å²) in [7, 11) is 6.04. The molecule has 2 atom stereocenters. The molecule has 2 rings (SSSR count). The summed E-state index contributed by atoms with van der Waals surface area (Å²) in [5, 5.41) is 12.6. The van der Waals surface area contributed by atoms with Crippen molar-refractivity contribution in [2.24, 2.45) is 7.05 Å². The number of imidazole rings is 1. The second-order valence-electron chi connectivity index (χ2n) is 5.56. The van der Waals surface area contributed by atoms with Crippen LogP contribution in [0.2, 0.25) is 0 Å². The van der Waals surface area contributed by atoms with Crippen molar-refractivity contribution in [3.05, 3.63) is 18.2 Å². The van der Waals surface area contributed by atoms with E-state index in [0.29, 0.717) is 6.04 Å². The van der Waals surface area contributed by atoms with Crippen molar-refractivity contribution < 1.29 is 0 Å². The topological polar surface area (TPSA) is 56.9 Å². The molecule has 1 aliphatic rings. The van der Waals surface area contributed by atoms with Gasteiger partial charge in [-0.2, -0.15) is 5.26 Å². The Morgan fingerprint density at radius 1 is 1.68 bits per heavy atom. The molecule has 1 heterocycles. The first kappa shape index (κ1) is 14.0. The first-order chi connectivity index (χ1) is 9.10. The van der Waals surface area contributed by atoms with Gasteiger partial charge in [0.25, 0.3) is 0 Å². The fourth-order valence-electron chi connectivity index (χ4n) is 2.91. The van der Waals surface area contributed by atoms with Crippen LogP contribution in [0.25, 0.3) is 0 Å². The normalized spacial score (nSPS) is 27.4. The van der Waals surface area contributed by atoms with E-state index in [0.717, 1.165) is 38.1 Å². The van der Waals surface area contributed by atoms with Crippen molar-refractivity contribution in [2.45, 2.75) is 43.8 Å². The molecule has 0 radical (unpaired) electrons. The molecule has 0 amide bonds. The van der Waals surface area contributed by atoms with E-state index in [1.165, 1.54) is 0 Å². The van der Waals surface area contributed by atoms with Crippen LogP contribution in [-0.4, -0.2) is 40.1 Å². The number of nitrogens with one attached hydrogen (secondary N) is 1. The maximum absolute atomic E-state index is 9.39. The fraction of sp³-hybridized carbons (Fsp3) is 0.714. The average molecular weight is 261 g/mol. The van der Waals surface area contributed by atoms with E-state index in [1.54, 1.807) is 0 Å². The highest BCUT2D eigenvalue weighted by molar-refractivity contribution is 5.10. The van der Waals surface area contributed by atoms with Crippen molar-refractivity contribution in [1.29, 1.82) is 5.26 Å². The zero-order valence-corrected chi connectivity index (χ0v) is 12.1. The highest BCUT2D eigenvalue weighted by atomic mass is 15.2. The molecule has 0 spiro atoms. The van der Waals surface area contributed by atoms with Gasteiger partial charge in [0, 0.05) is 25.5 Å². The Morgan fingerprint density at radius 3 is 3.05 bits per heavy atom. The van der Waals surface area contributed by atoms with Gasteiger partial charge in [-0.25, -0.2) is 4.98 Å². The first-order valence-electron chi connectivity index (χ1n) is 6.87. The van der Waals surface area contributed by atoms with E-state index in [1.807, 2.05) is 26.5 Å². The summed E-state index contributed by atoms with van der Waals surface area (Å²) in [5.74, 6) is 1.07. The van der Waals surface area contributed by atoms with Crippen LogP contribution < -0.4 is 5.32 Å². The predicted octanol–water partition coefficient (Wildman–Crippen LogP) is 1.28. The van der Waals surface area contributed by atoms with Crippen LogP contribution in [0.4, 0.5) is 0 Å². The molecule has 0 saturated heterocycles. The Hall–Kier alpha value is -1.38. The first-order valence-corrected chi connectivity index (χ1v) is 6.87. The minimum Gasteiger partial charge on any atom is -0.337 e. The zero-order valence-electron chi connectivity index (χ0n) is 12.1. The maximum Gasteiger partial charge on any atom is 0.122 e. The quantitative estimate of drug-likeness (QED) is 0.887. The molecule has 5 nitrogen and oxygen atoms in total. The number of aromatic nitrogens is 2. The lowest BCUT2D eigenvalue weighted by Crippen LogP contribution is -2.50. The zero-order chi connectivity index (χ0) is 13.9. The lowest BCUT2D eigenvalue weighted by molar-refractivity contribution is 0.139. The minimum absolute atomic E-state index is 0.348. The molecule has 2 unspecified atom stereocenters. The van der Waals surface area contributed by atoms with E-state index in [2.05, 4.69) is 32.9 Å². The molecule has 19 heavy (non-hydrogen) atoms. The number of nitrogens with zero attached hydrogens (tertiary/aromatic N) is 4. The molecule has 5 heteroatoms. The maximum atomic E-state index is 9.39. The van der Waals surface area contributed by atoms with Gasteiger partial charge in [-0.15, -0.1) is 0 Å². The Morgan fingerprint density at radius 2 is 2.47 bits per heavy atom. The smallest absolute Gasteiger partial charge is 0.122 e. The van der Waals surface area contributed by atoms with Crippen LogP contribution in [-0.2, 0) is 13.6 Å². The Kier molecular flexibility index (Phi) is 4.23. The molecule has 1 aromatic heterocycles. The third-order valence-electron chi connectivity index (χ3n) is 4.35. The third kappa shape index (κ3) is 2.96. The van der Waals surface area contributed by atoms with Crippen molar-refractivity contribution in [3.63, 3.8) is 0 Å². The van der Waals surface area contributed by atoms with Crippen molar-refractivity contribution >= 4 is 0 Å². The van der Waals surface area contributed by atoms with Gasteiger partial charge in [0.1, 0.15) is 11.4 Å². The van der Waals surface area contributed by atoms with E-state index in [9.17, 15) is 5.26 Å². The van der Waals surface area contributed by atoms with Crippen molar-refractivity contribution in [2.75, 3.05) is 14.1 Å². The van der Waals surface area contributed by atoms with E-state index in [4.69, 9.17) is 0 Å². The minimum atomic E-state index is -0.348. The van der Waals surface area contributed by atoms with Crippen molar-refractivity contribution in [1.82, 2.24) is 19.8 Å². The number of hydrogen-bond donors (Lipinski definition) is 1. The lowest BCUT2D eigenvalue weighted by Gasteiger charge is -2.39. The summed E-state index contributed by atoms with van der Waals surface area (Å²) in [4.78, 5) is 6.69. The van der Waals surface area contributed by atoms with Gasteiger partial charge in [0.2, 0.25) is 0 Å². The Balaban J connectivity index is 2.02. The van der Waals surface area contributed by atoms with E-state index < -0.39 is 0 Å². The second kappa shape index (κ2) is 5.72. The molecule has 104 valence electrons. The monoisotopic (exact) mass is 261 g/mol. The molecular formula is C14H23N5. The van der Waals surface area contributed by atoms with Crippen LogP contribution >= 0.6 is 0 Å². The summed E-state index contributed by atoms with van der Waals surface area (Å²) in [6, 6.07) is 2.91. The van der Waals surface area contributed by atoms with Crippen LogP contribution in [0.5, 0.6) is 0 Å². The van der Waals surface area contributed by atoms with Crippen molar-refractivity contribution in [3.8, 4) is 6.07 Å². The van der Waals surface area contributed by atoms with Gasteiger partial charge in [0.05, 0.1) is 12.6 Å². The summed E-state index contributed by atoms with van der Waals surface area (Å²) in [6.07, 6.45) is 7.90. The van der Waals surface area contributed by atoms with Gasteiger partial charge < -0.3 is 9.88 Å². The SMILES string of the molecule is CNC1(C#N)CCCC(N(C)Cc2nccn2C)C1. The highest BCUT2D eigenvalue weighted by Gasteiger charge is 2.36. The summed E-state index contributed by atoms with van der Waals surface area (Å²) >= 11 is 0. The molecule has 1 aliphatic carbocycles. The van der Waals surface area contributed by atoms with E-state index >= 15 is 0 Å². The Bertz CT molecular complexity index is 461. The number of rotatable bonds is 4.